The molecule has 0 saturated heterocycles. The van der Waals surface area contributed by atoms with Gasteiger partial charge in [-0.25, -0.2) is 0 Å². The van der Waals surface area contributed by atoms with Crippen LogP contribution in [0.15, 0.2) is 36.4 Å². The molecule has 0 unspecified atom stereocenters. The summed E-state index contributed by atoms with van der Waals surface area (Å²) in [5, 5.41) is 9.04. The first kappa shape index (κ1) is 19.7. The molecule has 0 N–H and O–H groups in total. The third kappa shape index (κ3) is 5.17. The van der Waals surface area contributed by atoms with Gasteiger partial charge in [-0.1, -0.05) is 18.2 Å². The maximum absolute atomic E-state index is 11.9. The predicted octanol–water partition coefficient (Wildman–Crippen LogP) is 3.86. The number of ether oxygens (including phenoxy) is 3. The topological polar surface area (TPSA) is 68.5 Å². The van der Waals surface area contributed by atoms with Crippen molar-refractivity contribution < 1.29 is 19.0 Å². The summed E-state index contributed by atoms with van der Waals surface area (Å²) in [4.78, 5) is 11.9. The van der Waals surface area contributed by atoms with Gasteiger partial charge in [-0.3, -0.25) is 4.79 Å². The first-order valence-corrected chi connectivity index (χ1v) is 9.17. The van der Waals surface area contributed by atoms with Crippen molar-refractivity contribution in [1.29, 1.82) is 5.26 Å². The van der Waals surface area contributed by atoms with Crippen molar-refractivity contribution in [3.63, 3.8) is 0 Å². The average Bonchev–Trinajstić information content (AvgIpc) is 2.67. The molecule has 0 amide bonds. The summed E-state index contributed by atoms with van der Waals surface area (Å²) in [5.74, 6) is 1.96. The Labute approximate surface area is 157 Å². The normalized spacial score (nSPS) is 10.1. The molecule has 2 aromatic rings. The second kappa shape index (κ2) is 9.73. The highest BCUT2D eigenvalue weighted by Crippen LogP contribution is 2.31. The summed E-state index contributed by atoms with van der Waals surface area (Å²) in [6, 6.07) is 13.0. The molecule has 6 heteroatoms. The van der Waals surface area contributed by atoms with E-state index >= 15 is 0 Å². The molecule has 0 aliphatic heterocycles. The van der Waals surface area contributed by atoms with Gasteiger partial charge in [0.2, 0.25) is 0 Å². The zero-order valence-electron chi connectivity index (χ0n) is 15.1. The number of nitriles is 1. The Balaban J connectivity index is 1.86. The number of benzene rings is 2. The van der Waals surface area contributed by atoms with Crippen molar-refractivity contribution in [2.75, 3.05) is 20.0 Å². The summed E-state index contributed by atoms with van der Waals surface area (Å²) in [6.45, 7) is 2.10. The van der Waals surface area contributed by atoms with Gasteiger partial charge in [0.05, 0.1) is 31.6 Å². The van der Waals surface area contributed by atoms with Crippen molar-refractivity contribution in [3.05, 3.63) is 58.7 Å². The molecule has 0 bridgehead atoms. The molecule has 0 aliphatic rings. The monoisotopic (exact) mass is 371 g/mol. The highest BCUT2D eigenvalue weighted by Gasteiger charge is 2.11. The third-order valence-corrected chi connectivity index (χ3v) is 4.80. The summed E-state index contributed by atoms with van der Waals surface area (Å²) >= 11 is 1.47. The molecule has 0 spiro atoms. The first-order valence-electron chi connectivity index (χ1n) is 8.02. The van der Waals surface area contributed by atoms with Crippen molar-refractivity contribution >= 4 is 17.7 Å². The fraction of sp³-hybridized carbons (Fsp3) is 0.300. The third-order valence-electron chi connectivity index (χ3n) is 3.85. The second-order valence-electron chi connectivity index (χ2n) is 5.56. The minimum Gasteiger partial charge on any atom is -0.493 e. The second-order valence-corrected chi connectivity index (χ2v) is 6.54. The molecule has 26 heavy (non-hydrogen) atoms. The number of nitrogens with zero attached hydrogens (tertiary/aromatic N) is 1. The van der Waals surface area contributed by atoms with Crippen LogP contribution in [0.3, 0.4) is 0 Å². The Morgan fingerprint density at radius 1 is 1.12 bits per heavy atom. The largest absolute Gasteiger partial charge is 0.493 e. The number of thioether (sulfide) groups is 1. The van der Waals surface area contributed by atoms with Crippen LogP contribution >= 0.6 is 11.8 Å². The number of aryl methyl sites for hydroxylation is 1. The summed E-state index contributed by atoms with van der Waals surface area (Å²) < 4.78 is 15.9. The smallest absolute Gasteiger partial charge is 0.316 e. The number of methoxy groups -OCH3 is 2. The molecule has 0 heterocycles. The van der Waals surface area contributed by atoms with Crippen molar-refractivity contribution in [1.82, 2.24) is 0 Å². The highest BCUT2D eigenvalue weighted by atomic mass is 32.2. The van der Waals surface area contributed by atoms with Crippen molar-refractivity contribution in [2.24, 2.45) is 0 Å². The molecule has 136 valence electrons. The van der Waals surface area contributed by atoms with E-state index in [2.05, 4.69) is 6.07 Å². The molecule has 5 nitrogen and oxygen atoms in total. The van der Waals surface area contributed by atoms with Crippen LogP contribution in [-0.2, 0) is 21.9 Å². The van der Waals surface area contributed by atoms with E-state index in [9.17, 15) is 4.79 Å². The molecule has 0 saturated carbocycles. The number of hydrogen-bond donors (Lipinski definition) is 0. The lowest BCUT2D eigenvalue weighted by Gasteiger charge is -2.12. The molecule has 2 rings (SSSR count). The van der Waals surface area contributed by atoms with Gasteiger partial charge in [0.15, 0.2) is 11.5 Å². The maximum Gasteiger partial charge on any atom is 0.316 e. The van der Waals surface area contributed by atoms with Gasteiger partial charge < -0.3 is 14.2 Å². The zero-order chi connectivity index (χ0) is 18.9. The highest BCUT2D eigenvalue weighted by molar-refractivity contribution is 7.99. The van der Waals surface area contributed by atoms with E-state index in [-0.39, 0.29) is 18.3 Å². The van der Waals surface area contributed by atoms with E-state index in [1.165, 1.54) is 11.8 Å². The average molecular weight is 371 g/mol. The van der Waals surface area contributed by atoms with Gasteiger partial charge in [0.25, 0.3) is 0 Å². The standard InChI is InChI=1S/C20H21NO4S/c1-14-8-18(23-2)19(24-3)9-17(14)12-26-13-20(22)25-11-16-7-5-4-6-15(16)10-21/h4-9H,11-13H2,1-3H3. The SMILES string of the molecule is COc1cc(C)c(CSCC(=O)OCc2ccccc2C#N)cc1OC. The lowest BCUT2D eigenvalue weighted by Crippen LogP contribution is -2.08. The minimum atomic E-state index is -0.305. The van der Waals surface area contributed by atoms with Gasteiger partial charge in [-0.2, -0.15) is 5.26 Å². The van der Waals surface area contributed by atoms with Gasteiger partial charge in [0.1, 0.15) is 6.61 Å². The van der Waals surface area contributed by atoms with Crippen LogP contribution in [0, 0.1) is 18.3 Å². The van der Waals surface area contributed by atoms with Crippen LogP contribution in [-0.4, -0.2) is 25.9 Å². The van der Waals surface area contributed by atoms with Crippen LogP contribution < -0.4 is 9.47 Å². The lowest BCUT2D eigenvalue weighted by atomic mass is 10.1. The van der Waals surface area contributed by atoms with E-state index in [1.54, 1.807) is 32.4 Å². The van der Waals surface area contributed by atoms with Gasteiger partial charge in [-0.15, -0.1) is 11.8 Å². The quantitative estimate of drug-likeness (QED) is 0.656. The lowest BCUT2D eigenvalue weighted by molar-refractivity contribution is -0.141. The van der Waals surface area contributed by atoms with Crippen LogP contribution in [0.1, 0.15) is 22.3 Å². The fourth-order valence-electron chi connectivity index (χ4n) is 2.38. The Morgan fingerprint density at radius 3 is 2.50 bits per heavy atom. The van der Waals surface area contributed by atoms with E-state index in [1.807, 2.05) is 25.1 Å². The Morgan fingerprint density at radius 2 is 1.81 bits per heavy atom. The van der Waals surface area contributed by atoms with Crippen LogP contribution in [0.25, 0.3) is 0 Å². The Kier molecular flexibility index (Phi) is 7.37. The molecule has 0 fully saturated rings. The summed E-state index contributed by atoms with van der Waals surface area (Å²) in [5.41, 5.74) is 3.39. The summed E-state index contributed by atoms with van der Waals surface area (Å²) in [7, 11) is 3.20. The molecule has 0 atom stereocenters. The number of hydrogen-bond acceptors (Lipinski definition) is 6. The van der Waals surface area contributed by atoms with Crippen molar-refractivity contribution in [2.45, 2.75) is 19.3 Å². The number of carbonyl (C=O) groups is 1. The molecule has 0 aliphatic carbocycles. The van der Waals surface area contributed by atoms with Crippen molar-refractivity contribution in [3.8, 4) is 17.6 Å². The molecular weight excluding hydrogens is 350 g/mol. The molecular formula is C20H21NO4S. The van der Waals surface area contributed by atoms with E-state index in [0.29, 0.717) is 28.4 Å². The van der Waals surface area contributed by atoms with Crippen LogP contribution in [0.4, 0.5) is 0 Å². The van der Waals surface area contributed by atoms with Gasteiger partial charge in [0, 0.05) is 11.3 Å². The van der Waals surface area contributed by atoms with E-state index < -0.39 is 0 Å². The van der Waals surface area contributed by atoms with Gasteiger partial charge >= 0.3 is 5.97 Å². The van der Waals surface area contributed by atoms with Crippen LogP contribution in [0.2, 0.25) is 0 Å². The predicted molar refractivity (Wildman–Crippen MR) is 101 cm³/mol. The fourth-order valence-corrected chi connectivity index (χ4v) is 3.26. The van der Waals surface area contributed by atoms with E-state index in [0.717, 1.165) is 11.1 Å². The molecule has 0 aromatic heterocycles. The summed E-state index contributed by atoms with van der Waals surface area (Å²) in [6.07, 6.45) is 0. The van der Waals surface area contributed by atoms with E-state index in [4.69, 9.17) is 19.5 Å². The number of carbonyl (C=O) groups excluding carboxylic acids is 1. The zero-order valence-corrected chi connectivity index (χ0v) is 15.9. The Hall–Kier alpha value is -2.65. The molecule has 0 radical (unpaired) electrons. The van der Waals surface area contributed by atoms with Gasteiger partial charge in [-0.05, 0) is 36.2 Å². The maximum atomic E-state index is 11.9. The van der Waals surface area contributed by atoms with Crippen LogP contribution in [0.5, 0.6) is 11.5 Å². The minimum absolute atomic E-state index is 0.110. The Bertz CT molecular complexity index is 814. The number of rotatable bonds is 8. The molecule has 2 aromatic carbocycles. The first-order chi connectivity index (χ1) is 12.6. The number of esters is 1.